The van der Waals surface area contributed by atoms with Crippen LogP contribution in [0.25, 0.3) is 22.5 Å². The van der Waals surface area contributed by atoms with Crippen LogP contribution in [0.5, 0.6) is 0 Å². The number of aliphatic hydroxyl groups excluding tert-OH is 1. The molecule has 45 heavy (non-hydrogen) atoms. The van der Waals surface area contributed by atoms with Gasteiger partial charge in [-0.3, -0.25) is 14.2 Å². The van der Waals surface area contributed by atoms with Gasteiger partial charge in [0, 0.05) is 50.3 Å². The van der Waals surface area contributed by atoms with Gasteiger partial charge in [0.2, 0.25) is 11.8 Å². The number of para-hydroxylation sites is 1. The average molecular weight is 642 g/mol. The van der Waals surface area contributed by atoms with Gasteiger partial charge in [-0.2, -0.15) is 0 Å². The molecule has 244 valence electrons. The molecular formula is C32H44N5O7P. The van der Waals surface area contributed by atoms with E-state index in [-0.39, 0.29) is 25.0 Å². The minimum absolute atomic E-state index is 0.00929. The van der Waals surface area contributed by atoms with E-state index in [0.717, 1.165) is 59.8 Å². The molecule has 0 radical (unpaired) electrons. The molecule has 0 saturated carbocycles. The van der Waals surface area contributed by atoms with Crippen LogP contribution in [-0.2, 0) is 36.5 Å². The van der Waals surface area contributed by atoms with Gasteiger partial charge in [-0.15, -0.1) is 5.10 Å². The van der Waals surface area contributed by atoms with Crippen LogP contribution in [0.2, 0.25) is 0 Å². The SMILES string of the molecule is CCCCn1nnc2c1-c1ccccc1CN(C(=O)CCCCC(=O)NCCCOCC(O)COP(C)(=O)O)c1ccccc1-2. The van der Waals surface area contributed by atoms with Gasteiger partial charge in [0.05, 0.1) is 31.1 Å². The summed E-state index contributed by atoms with van der Waals surface area (Å²) in [4.78, 5) is 36.9. The van der Waals surface area contributed by atoms with Crippen molar-refractivity contribution in [1.29, 1.82) is 0 Å². The molecule has 0 spiro atoms. The number of fused-ring (bicyclic) bond motifs is 5. The number of hydrogen-bond donors (Lipinski definition) is 3. The van der Waals surface area contributed by atoms with Crippen LogP contribution in [0.3, 0.4) is 0 Å². The van der Waals surface area contributed by atoms with Crippen molar-refractivity contribution in [2.45, 2.75) is 71.1 Å². The Hall–Kier alpha value is -3.41. The van der Waals surface area contributed by atoms with Gasteiger partial charge < -0.3 is 29.5 Å². The number of aryl methyl sites for hydroxylation is 1. The standard InChI is InChI=1S/C32H44N5O7P/c1-3-4-19-37-32-26-13-6-5-12-24(26)21-36(28-15-8-7-14-27(28)31(32)34-35-37)30(40)17-10-9-16-29(39)33-18-11-20-43-22-25(38)23-44-45(2,41)42/h5-8,12-15,25,38H,3-4,9-11,16-23H2,1-2H3,(H,33,39)(H,41,42). The molecule has 4 rings (SSSR count). The van der Waals surface area contributed by atoms with Gasteiger partial charge in [-0.25, -0.2) is 4.68 Å². The molecule has 2 unspecified atom stereocenters. The molecule has 3 N–H and O–H groups in total. The summed E-state index contributed by atoms with van der Waals surface area (Å²) in [6, 6.07) is 16.0. The molecular weight excluding hydrogens is 597 g/mol. The van der Waals surface area contributed by atoms with Crippen LogP contribution in [0.15, 0.2) is 48.5 Å². The fourth-order valence-electron chi connectivity index (χ4n) is 5.18. The molecule has 0 saturated heterocycles. The lowest BCUT2D eigenvalue weighted by Gasteiger charge is -2.28. The average Bonchev–Trinajstić information content (AvgIpc) is 3.43. The van der Waals surface area contributed by atoms with Gasteiger partial charge in [0.25, 0.3) is 0 Å². The first-order chi connectivity index (χ1) is 21.7. The summed E-state index contributed by atoms with van der Waals surface area (Å²) in [5.74, 6) is -0.105. The maximum Gasteiger partial charge on any atom is 0.325 e. The van der Waals surface area contributed by atoms with Crippen molar-refractivity contribution in [3.8, 4) is 22.5 Å². The number of aromatic nitrogens is 3. The zero-order chi connectivity index (χ0) is 32.2. The number of carbonyl (C=O) groups excluding carboxylic acids is 2. The Morgan fingerprint density at radius 3 is 2.53 bits per heavy atom. The lowest BCUT2D eigenvalue weighted by Crippen LogP contribution is -2.31. The number of amides is 2. The first kappa shape index (κ1) is 34.5. The predicted octanol–water partition coefficient (Wildman–Crippen LogP) is 4.53. The van der Waals surface area contributed by atoms with Gasteiger partial charge in [-0.1, -0.05) is 61.0 Å². The summed E-state index contributed by atoms with van der Waals surface area (Å²) in [6.45, 7) is 4.81. The number of aliphatic hydroxyl groups is 1. The molecule has 12 nitrogen and oxygen atoms in total. The van der Waals surface area contributed by atoms with E-state index >= 15 is 0 Å². The Morgan fingerprint density at radius 1 is 1.02 bits per heavy atom. The number of nitrogens with one attached hydrogen (secondary N) is 1. The Kier molecular flexibility index (Phi) is 12.8. The van der Waals surface area contributed by atoms with Gasteiger partial charge in [0.15, 0.2) is 0 Å². The smallest absolute Gasteiger partial charge is 0.325 e. The lowest BCUT2D eigenvalue weighted by atomic mass is 9.95. The molecule has 0 bridgehead atoms. The minimum atomic E-state index is -3.64. The summed E-state index contributed by atoms with van der Waals surface area (Å²) in [6.07, 6.45) is 3.36. The quantitative estimate of drug-likeness (QED) is 0.142. The number of benzene rings is 2. The number of ether oxygens (including phenoxy) is 1. The zero-order valence-corrected chi connectivity index (χ0v) is 27.0. The van der Waals surface area contributed by atoms with Crippen molar-refractivity contribution in [2.24, 2.45) is 0 Å². The maximum absolute atomic E-state index is 13.7. The highest BCUT2D eigenvalue weighted by Gasteiger charge is 2.28. The fourth-order valence-corrected chi connectivity index (χ4v) is 5.63. The van der Waals surface area contributed by atoms with Gasteiger partial charge in [-0.05, 0) is 37.3 Å². The van der Waals surface area contributed by atoms with Crippen molar-refractivity contribution in [1.82, 2.24) is 20.3 Å². The van der Waals surface area contributed by atoms with Crippen LogP contribution >= 0.6 is 7.60 Å². The number of carbonyl (C=O) groups is 2. The zero-order valence-electron chi connectivity index (χ0n) is 26.1. The number of rotatable bonds is 17. The van der Waals surface area contributed by atoms with Crippen LogP contribution in [0, 0.1) is 0 Å². The molecule has 0 aliphatic carbocycles. The Balaban J connectivity index is 1.27. The molecule has 1 aliphatic rings. The van der Waals surface area contributed by atoms with E-state index in [1.165, 1.54) is 0 Å². The highest BCUT2D eigenvalue weighted by molar-refractivity contribution is 7.51. The monoisotopic (exact) mass is 641 g/mol. The van der Waals surface area contributed by atoms with Crippen molar-refractivity contribution in [3.05, 3.63) is 54.1 Å². The highest BCUT2D eigenvalue weighted by atomic mass is 31.2. The summed E-state index contributed by atoms with van der Waals surface area (Å²) in [5, 5.41) is 21.6. The maximum atomic E-state index is 13.7. The Morgan fingerprint density at radius 2 is 1.76 bits per heavy atom. The van der Waals surface area contributed by atoms with Crippen LogP contribution in [-0.4, -0.2) is 75.9 Å². The molecule has 1 aromatic heterocycles. The van der Waals surface area contributed by atoms with Crippen LogP contribution in [0.4, 0.5) is 5.69 Å². The lowest BCUT2D eigenvalue weighted by molar-refractivity contribution is -0.122. The van der Waals surface area contributed by atoms with E-state index in [0.29, 0.717) is 51.8 Å². The van der Waals surface area contributed by atoms with E-state index in [9.17, 15) is 19.3 Å². The summed E-state index contributed by atoms with van der Waals surface area (Å²) in [5.41, 5.74) is 5.50. The number of nitrogens with zero attached hydrogens (tertiary/aromatic N) is 4. The first-order valence-corrected chi connectivity index (χ1v) is 17.6. The number of hydrogen-bond acceptors (Lipinski definition) is 8. The van der Waals surface area contributed by atoms with E-state index in [2.05, 4.69) is 39.2 Å². The van der Waals surface area contributed by atoms with Crippen LogP contribution < -0.4 is 10.2 Å². The minimum Gasteiger partial charge on any atom is -0.388 e. The normalized spacial score (nSPS) is 14.4. The second-order valence-corrected chi connectivity index (χ2v) is 13.1. The first-order valence-electron chi connectivity index (χ1n) is 15.6. The largest absolute Gasteiger partial charge is 0.388 e. The third-order valence-corrected chi connectivity index (χ3v) is 8.09. The molecule has 2 atom stereocenters. The van der Waals surface area contributed by atoms with E-state index in [1.54, 1.807) is 0 Å². The van der Waals surface area contributed by atoms with Crippen molar-refractivity contribution in [2.75, 3.05) is 37.9 Å². The fraction of sp³-hybridized carbons (Fsp3) is 0.500. The Labute approximate surface area is 264 Å². The van der Waals surface area contributed by atoms with Crippen LogP contribution in [0.1, 0.15) is 57.4 Å². The molecule has 2 heterocycles. The van der Waals surface area contributed by atoms with Crippen molar-refractivity contribution < 1.29 is 33.4 Å². The molecule has 2 amide bonds. The van der Waals surface area contributed by atoms with E-state index in [4.69, 9.17) is 9.63 Å². The van der Waals surface area contributed by atoms with Crippen molar-refractivity contribution >= 4 is 25.1 Å². The predicted molar refractivity (Wildman–Crippen MR) is 172 cm³/mol. The second kappa shape index (κ2) is 16.8. The van der Waals surface area contributed by atoms with E-state index in [1.807, 2.05) is 46.0 Å². The third kappa shape index (κ3) is 10.0. The topological polar surface area (TPSA) is 156 Å². The second-order valence-electron chi connectivity index (χ2n) is 11.3. The van der Waals surface area contributed by atoms with Gasteiger partial charge >= 0.3 is 7.60 Å². The summed E-state index contributed by atoms with van der Waals surface area (Å²) < 4.78 is 23.0. The van der Waals surface area contributed by atoms with Crippen molar-refractivity contribution in [3.63, 3.8) is 0 Å². The third-order valence-electron chi connectivity index (χ3n) is 7.46. The molecule has 13 heteroatoms. The molecule has 1 aliphatic heterocycles. The Bertz CT molecular complexity index is 1470. The number of unbranched alkanes of at least 4 members (excludes halogenated alkanes) is 2. The molecule has 3 aromatic rings. The number of anilines is 1. The summed E-state index contributed by atoms with van der Waals surface area (Å²) in [7, 11) is -3.64. The molecule has 2 aromatic carbocycles. The van der Waals surface area contributed by atoms with E-state index < -0.39 is 13.7 Å². The summed E-state index contributed by atoms with van der Waals surface area (Å²) >= 11 is 0. The molecule has 0 fully saturated rings. The van der Waals surface area contributed by atoms with Gasteiger partial charge in [0.1, 0.15) is 11.8 Å². The highest BCUT2D eigenvalue weighted by Crippen LogP contribution is 2.41.